The Kier molecular flexibility index (Phi) is 8.53. The lowest BCUT2D eigenvalue weighted by atomic mass is 9.84. The molecule has 0 radical (unpaired) electrons. The molecule has 8 heteroatoms. The molecule has 4 N–H and O–H groups in total. The molecule has 4 rings (SSSR count). The summed E-state index contributed by atoms with van der Waals surface area (Å²) in [4.78, 5) is 30.2. The predicted octanol–water partition coefficient (Wildman–Crippen LogP) is 6.13. The van der Waals surface area contributed by atoms with Gasteiger partial charge in [-0.05, 0) is 71.5 Å². The van der Waals surface area contributed by atoms with Crippen molar-refractivity contribution in [3.05, 3.63) is 80.8 Å². The minimum Gasteiger partial charge on any atom is -0.366 e. The molecule has 0 saturated carbocycles. The molecule has 1 fully saturated rings. The second-order valence-electron chi connectivity index (χ2n) is 10.6. The summed E-state index contributed by atoms with van der Waals surface area (Å²) in [5.74, 6) is -1.82. The van der Waals surface area contributed by atoms with Gasteiger partial charge in [0.15, 0.2) is 5.82 Å². The number of hydrogen-bond donors (Lipinski definition) is 2. The molecule has 2 aromatic carbocycles. The van der Waals surface area contributed by atoms with Gasteiger partial charge in [0.1, 0.15) is 0 Å². The van der Waals surface area contributed by atoms with E-state index in [1.807, 2.05) is 24.8 Å². The van der Waals surface area contributed by atoms with Crippen LogP contribution < -0.4 is 16.4 Å². The smallest absolute Gasteiger partial charge is 0.251 e. The summed E-state index contributed by atoms with van der Waals surface area (Å²) < 4.78 is 15.9. The number of thiophene rings is 1. The van der Waals surface area contributed by atoms with Gasteiger partial charge in [-0.25, -0.2) is 4.39 Å². The number of nitrogens with zero attached hydrogens (tertiary/aromatic N) is 2. The minimum atomic E-state index is -0.800. The molecule has 1 aromatic heterocycles. The van der Waals surface area contributed by atoms with Gasteiger partial charge < -0.3 is 16.4 Å². The Morgan fingerprint density at radius 2 is 1.58 bits per heavy atom. The monoisotopic (exact) mass is 536 g/mol. The number of anilines is 2. The van der Waals surface area contributed by atoms with E-state index in [-0.39, 0.29) is 23.4 Å². The van der Waals surface area contributed by atoms with Crippen molar-refractivity contribution in [3.63, 3.8) is 0 Å². The van der Waals surface area contributed by atoms with Crippen LogP contribution in [0, 0.1) is 5.82 Å². The number of piperidine rings is 1. The molecule has 1 saturated heterocycles. The maximum atomic E-state index is 15.9. The quantitative estimate of drug-likeness (QED) is 0.344. The maximum absolute atomic E-state index is 15.9. The van der Waals surface area contributed by atoms with E-state index in [4.69, 9.17) is 11.5 Å². The zero-order valence-electron chi connectivity index (χ0n) is 22.5. The van der Waals surface area contributed by atoms with E-state index in [1.165, 1.54) is 10.9 Å². The highest BCUT2D eigenvalue weighted by molar-refractivity contribution is 7.09. The first kappa shape index (κ1) is 27.8. The summed E-state index contributed by atoms with van der Waals surface area (Å²) in [6.45, 7) is 10.9. The number of carbonyl (C=O) groups excluding carboxylic acids is 2. The van der Waals surface area contributed by atoms with Crippen LogP contribution in [0.3, 0.4) is 0 Å². The van der Waals surface area contributed by atoms with Gasteiger partial charge in [-0.15, -0.1) is 11.3 Å². The molecule has 1 aliphatic rings. The van der Waals surface area contributed by atoms with Crippen LogP contribution >= 0.6 is 11.3 Å². The highest BCUT2D eigenvalue weighted by atomic mass is 32.1. The Morgan fingerprint density at radius 1 is 0.921 bits per heavy atom. The lowest BCUT2D eigenvalue weighted by Gasteiger charge is -2.41. The first-order chi connectivity index (χ1) is 18.1. The number of likely N-dealkylation sites (tertiary alicyclic amines) is 1. The molecule has 202 valence electrons. The minimum absolute atomic E-state index is 0.0100. The molecule has 2 heterocycles. The summed E-state index contributed by atoms with van der Waals surface area (Å²) in [5.41, 5.74) is 14.7. The van der Waals surface area contributed by atoms with Crippen LogP contribution in [-0.4, -0.2) is 35.8 Å². The van der Waals surface area contributed by atoms with Crippen molar-refractivity contribution in [1.82, 2.24) is 4.90 Å². The van der Waals surface area contributed by atoms with Crippen LogP contribution in [0.25, 0.3) is 0 Å². The molecule has 38 heavy (non-hydrogen) atoms. The molecule has 0 spiro atoms. The van der Waals surface area contributed by atoms with Crippen LogP contribution in [0.2, 0.25) is 0 Å². The van der Waals surface area contributed by atoms with E-state index in [0.29, 0.717) is 11.3 Å². The zero-order valence-corrected chi connectivity index (χ0v) is 23.4. The summed E-state index contributed by atoms with van der Waals surface area (Å²) >= 11 is 1.75. The van der Waals surface area contributed by atoms with Gasteiger partial charge >= 0.3 is 0 Å². The predicted molar refractivity (Wildman–Crippen MR) is 153 cm³/mol. The topological polar surface area (TPSA) is 92.7 Å². The van der Waals surface area contributed by atoms with E-state index < -0.39 is 17.6 Å². The molecule has 0 bridgehead atoms. The normalized spacial score (nSPS) is 14.8. The third-order valence-electron chi connectivity index (χ3n) is 7.33. The van der Waals surface area contributed by atoms with Crippen LogP contribution in [-0.2, 0) is 6.54 Å². The fraction of sp³-hybridized carbons (Fsp3) is 0.400. The molecule has 0 aliphatic carbocycles. The molecule has 3 aromatic rings. The summed E-state index contributed by atoms with van der Waals surface area (Å²) in [6, 6.07) is 12.7. The molecular formula is C30H37FN4O2S. The second kappa shape index (κ2) is 11.7. The lowest BCUT2D eigenvalue weighted by Crippen LogP contribution is -2.43. The lowest BCUT2D eigenvalue weighted by molar-refractivity contribution is 0.0989. The molecular weight excluding hydrogens is 499 g/mol. The fourth-order valence-corrected chi connectivity index (χ4v) is 6.40. The van der Waals surface area contributed by atoms with Gasteiger partial charge in [0.05, 0.1) is 11.3 Å². The van der Waals surface area contributed by atoms with E-state index in [2.05, 4.69) is 36.3 Å². The average molecular weight is 537 g/mol. The first-order valence-electron chi connectivity index (χ1n) is 13.2. The summed E-state index contributed by atoms with van der Waals surface area (Å²) in [5, 5.41) is 2.09. The molecule has 1 aliphatic heterocycles. The van der Waals surface area contributed by atoms with Crippen LogP contribution in [0.4, 0.5) is 15.8 Å². The number of halogens is 1. The fourth-order valence-electron chi connectivity index (χ4n) is 5.66. The SMILES string of the molecule is CC(C)c1c(C(N)=O)ccc(N(c2cccc(C(N)=O)c2F)C2CCN(Cc3cccs3)CC2)c1C(C)C. The van der Waals surface area contributed by atoms with E-state index in [9.17, 15) is 9.59 Å². The van der Waals surface area contributed by atoms with Crippen LogP contribution in [0.1, 0.15) is 89.1 Å². The van der Waals surface area contributed by atoms with Crippen molar-refractivity contribution in [2.24, 2.45) is 11.5 Å². The molecule has 2 amide bonds. The number of benzene rings is 2. The van der Waals surface area contributed by atoms with E-state index in [0.717, 1.165) is 49.3 Å². The number of rotatable bonds is 9. The van der Waals surface area contributed by atoms with Crippen LogP contribution in [0.5, 0.6) is 0 Å². The average Bonchev–Trinajstić information content (AvgIpc) is 3.38. The van der Waals surface area contributed by atoms with Gasteiger partial charge in [-0.2, -0.15) is 0 Å². The van der Waals surface area contributed by atoms with Gasteiger partial charge in [-0.1, -0.05) is 39.8 Å². The molecule has 0 unspecified atom stereocenters. The number of nitrogens with two attached hydrogens (primary N) is 2. The van der Waals surface area contributed by atoms with Gasteiger partial charge in [-0.3, -0.25) is 14.5 Å². The van der Waals surface area contributed by atoms with Crippen LogP contribution in [0.15, 0.2) is 47.8 Å². The second-order valence-corrected chi connectivity index (χ2v) is 11.6. The van der Waals surface area contributed by atoms with Crippen molar-refractivity contribution in [2.45, 2.75) is 65.0 Å². The van der Waals surface area contributed by atoms with E-state index >= 15 is 4.39 Å². The molecule has 6 nitrogen and oxygen atoms in total. The standard InChI is InChI=1S/C30H37FN4O2S/c1-18(2)26-22(29(32)36)10-11-24(27(26)19(3)4)35(25-9-5-8-23(28(25)31)30(33)37)20-12-14-34(15-13-20)17-21-7-6-16-38-21/h5-11,16,18-20H,12-15,17H2,1-4H3,(H2,32,36)(H2,33,37). The Balaban J connectivity index is 1.84. The number of hydrogen-bond acceptors (Lipinski definition) is 5. The largest absolute Gasteiger partial charge is 0.366 e. The highest BCUT2D eigenvalue weighted by Gasteiger charge is 2.32. The van der Waals surface area contributed by atoms with Crippen molar-refractivity contribution in [1.29, 1.82) is 0 Å². The Bertz CT molecular complexity index is 1300. The van der Waals surface area contributed by atoms with Crippen molar-refractivity contribution in [2.75, 3.05) is 18.0 Å². The van der Waals surface area contributed by atoms with Crippen molar-refractivity contribution in [3.8, 4) is 0 Å². The molecule has 0 atom stereocenters. The Morgan fingerprint density at radius 3 is 2.13 bits per heavy atom. The Hall–Kier alpha value is -3.23. The first-order valence-corrected chi connectivity index (χ1v) is 14.1. The van der Waals surface area contributed by atoms with Crippen molar-refractivity contribution >= 4 is 34.5 Å². The number of amides is 2. The Labute approximate surface area is 228 Å². The van der Waals surface area contributed by atoms with E-state index in [1.54, 1.807) is 29.5 Å². The van der Waals surface area contributed by atoms with Gasteiger partial charge in [0.2, 0.25) is 5.91 Å². The van der Waals surface area contributed by atoms with Gasteiger partial charge in [0, 0.05) is 41.8 Å². The summed E-state index contributed by atoms with van der Waals surface area (Å²) in [6.07, 6.45) is 1.63. The third kappa shape index (κ3) is 5.61. The zero-order chi connectivity index (χ0) is 27.6. The highest BCUT2D eigenvalue weighted by Crippen LogP contribution is 2.43. The maximum Gasteiger partial charge on any atom is 0.251 e. The van der Waals surface area contributed by atoms with Crippen molar-refractivity contribution < 1.29 is 14.0 Å². The summed E-state index contributed by atoms with van der Waals surface area (Å²) in [7, 11) is 0. The third-order valence-corrected chi connectivity index (χ3v) is 8.19. The number of primary amides is 2. The van der Waals surface area contributed by atoms with Gasteiger partial charge in [0.25, 0.3) is 5.91 Å². The number of carbonyl (C=O) groups is 2.